The molecule has 0 amide bonds. The van der Waals surface area contributed by atoms with E-state index in [4.69, 9.17) is 5.11 Å². The molecule has 1 heterocycles. The zero-order chi connectivity index (χ0) is 15.3. The van der Waals surface area contributed by atoms with E-state index in [0.717, 1.165) is 0 Å². The molecule has 112 valence electrons. The van der Waals surface area contributed by atoms with Gasteiger partial charge in [-0.1, -0.05) is 13.8 Å². The van der Waals surface area contributed by atoms with Gasteiger partial charge in [-0.05, 0) is 26.2 Å². The molecule has 0 fully saturated rings. The van der Waals surface area contributed by atoms with Crippen LogP contribution >= 0.6 is 0 Å². The van der Waals surface area contributed by atoms with Crippen LogP contribution in [0.25, 0.3) is 0 Å². The molecule has 0 unspecified atom stereocenters. The largest absolute Gasteiger partial charge is 0.481 e. The third-order valence-corrected chi connectivity index (χ3v) is 2.90. The van der Waals surface area contributed by atoms with Gasteiger partial charge in [-0.25, -0.2) is 4.98 Å². The van der Waals surface area contributed by atoms with Crippen molar-refractivity contribution in [1.29, 1.82) is 0 Å². The van der Waals surface area contributed by atoms with Gasteiger partial charge in [-0.3, -0.25) is 9.59 Å². The summed E-state index contributed by atoms with van der Waals surface area (Å²) in [6.45, 7) is 8.42. The normalized spacial score (nSPS) is 11.7. The minimum absolute atomic E-state index is 0.0486. The summed E-state index contributed by atoms with van der Waals surface area (Å²) in [6.07, 6.45) is 3.71. The van der Waals surface area contributed by atoms with Gasteiger partial charge < -0.3 is 15.0 Å². The molecule has 0 saturated carbocycles. The van der Waals surface area contributed by atoms with Crippen LogP contribution in [-0.4, -0.2) is 26.2 Å². The number of carbonyl (C=O) groups is 1. The molecule has 6 nitrogen and oxygen atoms in total. The molecule has 1 aromatic heterocycles. The van der Waals surface area contributed by atoms with E-state index in [2.05, 4.69) is 10.3 Å². The van der Waals surface area contributed by atoms with Crippen molar-refractivity contribution in [3.05, 3.63) is 22.7 Å². The number of aliphatic carboxylic acids is 1. The Morgan fingerprint density at radius 1 is 1.50 bits per heavy atom. The Hall–Kier alpha value is -1.85. The molecule has 1 aromatic rings. The van der Waals surface area contributed by atoms with Crippen LogP contribution in [0.1, 0.15) is 40.5 Å². The zero-order valence-electron chi connectivity index (χ0n) is 12.5. The molecule has 0 spiro atoms. The van der Waals surface area contributed by atoms with Gasteiger partial charge in [0.15, 0.2) is 5.82 Å². The Labute approximate surface area is 118 Å². The van der Waals surface area contributed by atoms with Gasteiger partial charge in [-0.2, -0.15) is 0 Å². The van der Waals surface area contributed by atoms with Crippen LogP contribution in [0.3, 0.4) is 0 Å². The number of rotatable bonds is 7. The van der Waals surface area contributed by atoms with Gasteiger partial charge in [0, 0.05) is 30.9 Å². The first-order chi connectivity index (χ1) is 9.21. The van der Waals surface area contributed by atoms with Crippen LogP contribution in [0.15, 0.2) is 17.2 Å². The summed E-state index contributed by atoms with van der Waals surface area (Å²) in [4.78, 5) is 26.9. The van der Waals surface area contributed by atoms with Crippen molar-refractivity contribution < 1.29 is 9.90 Å². The average molecular weight is 281 g/mol. The number of aromatic nitrogens is 2. The lowest BCUT2D eigenvalue weighted by Crippen LogP contribution is -2.36. The quantitative estimate of drug-likeness (QED) is 0.798. The molecule has 0 aliphatic carbocycles. The number of nitrogens with zero attached hydrogens (tertiary/aromatic N) is 2. The van der Waals surface area contributed by atoms with Crippen molar-refractivity contribution in [3.8, 4) is 0 Å². The highest BCUT2D eigenvalue weighted by Crippen LogP contribution is 2.16. The molecule has 0 aliphatic heterocycles. The third kappa shape index (κ3) is 5.03. The minimum Gasteiger partial charge on any atom is -0.481 e. The standard InChI is InChI=1S/C14H23N3O3/c1-10(2)9-17-8-7-15-12(13(17)20)16-14(3,4)6-5-11(18)19/h7-8,10H,5-6,9H2,1-4H3,(H,15,16)(H,18,19). The van der Waals surface area contributed by atoms with Gasteiger partial charge in [0.1, 0.15) is 0 Å². The molecule has 6 heteroatoms. The lowest BCUT2D eigenvalue weighted by molar-refractivity contribution is -0.137. The van der Waals surface area contributed by atoms with Gasteiger partial charge in [-0.15, -0.1) is 0 Å². The van der Waals surface area contributed by atoms with Gasteiger partial charge in [0.05, 0.1) is 0 Å². The Bertz CT molecular complexity index is 521. The molecule has 0 atom stereocenters. The zero-order valence-corrected chi connectivity index (χ0v) is 12.5. The van der Waals surface area contributed by atoms with E-state index in [9.17, 15) is 9.59 Å². The minimum atomic E-state index is -0.849. The number of carboxylic acids is 1. The summed E-state index contributed by atoms with van der Waals surface area (Å²) < 4.78 is 1.62. The monoisotopic (exact) mass is 281 g/mol. The van der Waals surface area contributed by atoms with E-state index < -0.39 is 11.5 Å². The maximum atomic E-state index is 12.2. The summed E-state index contributed by atoms with van der Waals surface area (Å²) in [5, 5.41) is 11.8. The van der Waals surface area contributed by atoms with Crippen molar-refractivity contribution in [2.45, 2.75) is 52.6 Å². The van der Waals surface area contributed by atoms with Crippen molar-refractivity contribution in [1.82, 2.24) is 9.55 Å². The van der Waals surface area contributed by atoms with E-state index in [1.54, 1.807) is 17.0 Å². The molecule has 0 radical (unpaired) electrons. The van der Waals surface area contributed by atoms with Crippen LogP contribution in [0.5, 0.6) is 0 Å². The first-order valence-corrected chi connectivity index (χ1v) is 6.77. The van der Waals surface area contributed by atoms with Crippen LogP contribution in [0, 0.1) is 5.92 Å². The van der Waals surface area contributed by atoms with Crippen LogP contribution < -0.4 is 10.9 Å². The number of hydrogen-bond donors (Lipinski definition) is 2. The maximum Gasteiger partial charge on any atom is 0.303 e. The van der Waals surface area contributed by atoms with Crippen molar-refractivity contribution >= 4 is 11.8 Å². The van der Waals surface area contributed by atoms with E-state index in [1.165, 1.54) is 0 Å². The molecular weight excluding hydrogens is 258 g/mol. The predicted octanol–water partition coefficient (Wildman–Crippen LogP) is 1.95. The first-order valence-electron chi connectivity index (χ1n) is 6.77. The summed E-state index contributed by atoms with van der Waals surface area (Å²) in [5.41, 5.74) is -0.675. The number of hydrogen-bond acceptors (Lipinski definition) is 4. The fraction of sp³-hybridized carbons (Fsp3) is 0.643. The molecule has 2 N–H and O–H groups in total. The molecule has 0 aromatic carbocycles. The summed E-state index contributed by atoms with van der Waals surface area (Å²) >= 11 is 0. The summed E-state index contributed by atoms with van der Waals surface area (Å²) in [5.74, 6) is -0.218. The third-order valence-electron chi connectivity index (χ3n) is 2.90. The van der Waals surface area contributed by atoms with E-state index in [-0.39, 0.29) is 17.8 Å². The molecule has 1 rings (SSSR count). The second kappa shape index (κ2) is 6.54. The molecule has 0 bridgehead atoms. The summed E-state index contributed by atoms with van der Waals surface area (Å²) in [7, 11) is 0. The Balaban J connectivity index is 2.87. The predicted molar refractivity (Wildman–Crippen MR) is 77.9 cm³/mol. The highest BCUT2D eigenvalue weighted by Gasteiger charge is 2.21. The van der Waals surface area contributed by atoms with Crippen LogP contribution in [0.2, 0.25) is 0 Å². The fourth-order valence-corrected chi connectivity index (χ4v) is 1.87. The van der Waals surface area contributed by atoms with Crippen LogP contribution in [-0.2, 0) is 11.3 Å². The van der Waals surface area contributed by atoms with Crippen LogP contribution in [0.4, 0.5) is 5.82 Å². The highest BCUT2D eigenvalue weighted by atomic mass is 16.4. The van der Waals surface area contributed by atoms with Gasteiger partial charge in [0.25, 0.3) is 5.56 Å². The average Bonchev–Trinajstić information content (AvgIpc) is 2.31. The SMILES string of the molecule is CC(C)Cn1ccnc(NC(C)(C)CCC(=O)O)c1=O. The van der Waals surface area contributed by atoms with Crippen molar-refractivity contribution in [2.75, 3.05) is 5.32 Å². The Kier molecular flexibility index (Phi) is 5.30. The number of anilines is 1. The molecule has 0 saturated heterocycles. The first kappa shape index (κ1) is 16.2. The van der Waals surface area contributed by atoms with Crippen molar-refractivity contribution in [2.24, 2.45) is 5.92 Å². The Morgan fingerprint density at radius 3 is 2.70 bits per heavy atom. The van der Waals surface area contributed by atoms with E-state index in [1.807, 2.05) is 27.7 Å². The second-order valence-corrected chi connectivity index (χ2v) is 6.03. The molecule has 20 heavy (non-hydrogen) atoms. The van der Waals surface area contributed by atoms with E-state index >= 15 is 0 Å². The lowest BCUT2D eigenvalue weighted by atomic mass is 9.98. The maximum absolute atomic E-state index is 12.2. The van der Waals surface area contributed by atoms with Gasteiger partial charge >= 0.3 is 5.97 Å². The smallest absolute Gasteiger partial charge is 0.303 e. The number of nitrogens with one attached hydrogen (secondary N) is 1. The molecular formula is C14H23N3O3. The summed E-state index contributed by atoms with van der Waals surface area (Å²) in [6, 6.07) is 0. The second-order valence-electron chi connectivity index (χ2n) is 6.03. The molecule has 0 aliphatic rings. The Morgan fingerprint density at radius 2 is 2.15 bits per heavy atom. The topological polar surface area (TPSA) is 84.2 Å². The van der Waals surface area contributed by atoms with Crippen molar-refractivity contribution in [3.63, 3.8) is 0 Å². The lowest BCUT2D eigenvalue weighted by Gasteiger charge is -2.26. The highest BCUT2D eigenvalue weighted by molar-refractivity contribution is 5.66. The van der Waals surface area contributed by atoms with Gasteiger partial charge in [0.2, 0.25) is 0 Å². The van der Waals surface area contributed by atoms with E-state index in [0.29, 0.717) is 18.9 Å². The fourth-order valence-electron chi connectivity index (χ4n) is 1.87. The number of carboxylic acid groups (broad SMARTS) is 1.